The minimum Gasteiger partial charge on any atom is -0.481 e. The summed E-state index contributed by atoms with van der Waals surface area (Å²) in [7, 11) is -3.84. The van der Waals surface area contributed by atoms with E-state index in [1.165, 1.54) is 6.07 Å². The van der Waals surface area contributed by atoms with Gasteiger partial charge in [0.05, 0.1) is 16.5 Å². The summed E-state index contributed by atoms with van der Waals surface area (Å²) in [4.78, 5) is 13.5. The summed E-state index contributed by atoms with van der Waals surface area (Å²) in [5.74, 6) is -1.18. The van der Waals surface area contributed by atoms with Crippen molar-refractivity contribution < 1.29 is 18.3 Å². The van der Waals surface area contributed by atoms with Crippen molar-refractivity contribution in [1.29, 1.82) is 0 Å². The minimum atomic E-state index is -3.84. The molecule has 0 radical (unpaired) electrons. The van der Waals surface area contributed by atoms with Crippen LogP contribution in [0, 0.1) is 12.8 Å². The second-order valence-corrected chi connectivity index (χ2v) is 9.47. The van der Waals surface area contributed by atoms with Crippen LogP contribution < -0.4 is 9.62 Å². The third-order valence-electron chi connectivity index (χ3n) is 5.53. The van der Waals surface area contributed by atoms with E-state index in [1.54, 1.807) is 25.1 Å². The Balaban J connectivity index is 1.73. The van der Waals surface area contributed by atoms with Crippen molar-refractivity contribution in [2.75, 3.05) is 22.7 Å². The number of hydrogen-bond acceptors (Lipinski definition) is 4. The smallest absolute Gasteiger partial charge is 0.308 e. The summed E-state index contributed by atoms with van der Waals surface area (Å²) in [6.45, 7) is 2.75. The zero-order chi connectivity index (χ0) is 21.5. The number of anilines is 2. The predicted octanol–water partition coefficient (Wildman–Crippen LogP) is 4.51. The fourth-order valence-electron chi connectivity index (χ4n) is 3.91. The highest BCUT2D eigenvalue weighted by Gasteiger charge is 2.29. The summed E-state index contributed by atoms with van der Waals surface area (Å²) < 4.78 is 28.8. The van der Waals surface area contributed by atoms with Crippen LogP contribution in [0.5, 0.6) is 0 Å². The predicted molar refractivity (Wildman–Crippen MR) is 119 cm³/mol. The molecule has 1 heterocycles. The molecule has 156 valence electrons. The van der Waals surface area contributed by atoms with E-state index in [1.807, 2.05) is 35.2 Å². The van der Waals surface area contributed by atoms with Crippen molar-refractivity contribution in [3.8, 4) is 0 Å². The van der Waals surface area contributed by atoms with E-state index in [2.05, 4.69) is 4.72 Å². The SMILES string of the molecule is Cc1c(Cl)cccc1S(=O)(=O)Nc1ccc(N2CC[C@@H](C(=O)O)C2)c2ccccc12. The lowest BCUT2D eigenvalue weighted by atomic mass is 10.1. The number of rotatable bonds is 5. The van der Waals surface area contributed by atoms with Gasteiger partial charge in [-0.1, -0.05) is 41.9 Å². The molecule has 1 atom stereocenters. The Kier molecular flexibility index (Phi) is 5.34. The number of halogens is 1. The number of fused-ring (bicyclic) bond motifs is 1. The third-order valence-corrected chi connectivity index (χ3v) is 7.45. The zero-order valence-electron chi connectivity index (χ0n) is 16.3. The van der Waals surface area contributed by atoms with Gasteiger partial charge in [0, 0.05) is 34.6 Å². The van der Waals surface area contributed by atoms with Gasteiger partial charge in [0.2, 0.25) is 0 Å². The molecule has 8 heteroatoms. The van der Waals surface area contributed by atoms with Crippen LogP contribution in [0.2, 0.25) is 5.02 Å². The fourth-order valence-corrected chi connectivity index (χ4v) is 5.49. The number of benzene rings is 3. The molecule has 1 fully saturated rings. The second kappa shape index (κ2) is 7.81. The summed E-state index contributed by atoms with van der Waals surface area (Å²) in [5.41, 5.74) is 1.85. The van der Waals surface area contributed by atoms with E-state index < -0.39 is 21.9 Å². The van der Waals surface area contributed by atoms with Gasteiger partial charge in [-0.3, -0.25) is 9.52 Å². The monoisotopic (exact) mass is 444 g/mol. The van der Waals surface area contributed by atoms with Crippen molar-refractivity contribution in [3.05, 3.63) is 65.2 Å². The van der Waals surface area contributed by atoms with Crippen LogP contribution in [0.1, 0.15) is 12.0 Å². The highest BCUT2D eigenvalue weighted by atomic mass is 35.5. The largest absolute Gasteiger partial charge is 0.481 e. The molecule has 0 amide bonds. The van der Waals surface area contributed by atoms with E-state index in [0.717, 1.165) is 16.5 Å². The van der Waals surface area contributed by atoms with Crippen LogP contribution in [-0.4, -0.2) is 32.6 Å². The van der Waals surface area contributed by atoms with E-state index in [9.17, 15) is 18.3 Å². The average Bonchev–Trinajstić information content (AvgIpc) is 3.20. The normalized spacial score (nSPS) is 16.7. The number of aliphatic carboxylic acids is 1. The van der Waals surface area contributed by atoms with Crippen LogP contribution in [0.4, 0.5) is 11.4 Å². The molecule has 0 unspecified atom stereocenters. The lowest BCUT2D eigenvalue weighted by molar-refractivity contribution is -0.140. The van der Waals surface area contributed by atoms with E-state index in [0.29, 0.717) is 35.8 Å². The molecule has 3 aromatic rings. The Morgan fingerprint density at radius 1 is 1.10 bits per heavy atom. The molecule has 0 bridgehead atoms. The molecule has 3 aromatic carbocycles. The van der Waals surface area contributed by atoms with Crippen LogP contribution in [0.3, 0.4) is 0 Å². The van der Waals surface area contributed by atoms with Crippen molar-refractivity contribution in [2.45, 2.75) is 18.2 Å². The van der Waals surface area contributed by atoms with Gasteiger partial charge in [0.25, 0.3) is 10.0 Å². The molecule has 0 aliphatic carbocycles. The van der Waals surface area contributed by atoms with Gasteiger partial charge in [0.1, 0.15) is 0 Å². The van der Waals surface area contributed by atoms with Gasteiger partial charge in [-0.15, -0.1) is 0 Å². The van der Waals surface area contributed by atoms with Gasteiger partial charge in [-0.25, -0.2) is 8.42 Å². The molecule has 6 nitrogen and oxygen atoms in total. The number of sulfonamides is 1. The quantitative estimate of drug-likeness (QED) is 0.604. The molecule has 1 aliphatic heterocycles. The van der Waals surface area contributed by atoms with Crippen molar-refractivity contribution in [1.82, 2.24) is 0 Å². The van der Waals surface area contributed by atoms with E-state index in [4.69, 9.17) is 11.6 Å². The number of nitrogens with zero attached hydrogens (tertiary/aromatic N) is 1. The zero-order valence-corrected chi connectivity index (χ0v) is 17.9. The van der Waals surface area contributed by atoms with E-state index in [-0.39, 0.29) is 4.90 Å². The van der Waals surface area contributed by atoms with Crippen molar-refractivity contribution in [3.63, 3.8) is 0 Å². The maximum absolute atomic E-state index is 13.0. The Morgan fingerprint density at radius 2 is 1.83 bits per heavy atom. The van der Waals surface area contributed by atoms with Crippen molar-refractivity contribution in [2.24, 2.45) is 5.92 Å². The lowest BCUT2D eigenvalue weighted by Crippen LogP contribution is -2.23. The highest BCUT2D eigenvalue weighted by Crippen LogP contribution is 2.36. The molecule has 0 spiro atoms. The summed E-state index contributed by atoms with van der Waals surface area (Å²) in [6.07, 6.45) is 0.589. The maximum Gasteiger partial charge on any atom is 0.308 e. The maximum atomic E-state index is 13.0. The Labute approximate surface area is 180 Å². The van der Waals surface area contributed by atoms with Crippen LogP contribution in [0.25, 0.3) is 10.8 Å². The second-order valence-electron chi connectivity index (χ2n) is 7.42. The Morgan fingerprint density at radius 3 is 2.53 bits per heavy atom. The van der Waals surface area contributed by atoms with E-state index >= 15 is 0 Å². The highest BCUT2D eigenvalue weighted by molar-refractivity contribution is 7.92. The van der Waals surface area contributed by atoms with Gasteiger partial charge >= 0.3 is 5.97 Å². The summed E-state index contributed by atoms with van der Waals surface area (Å²) in [5, 5.41) is 11.3. The lowest BCUT2D eigenvalue weighted by Gasteiger charge is -2.22. The number of carboxylic acid groups (broad SMARTS) is 1. The third kappa shape index (κ3) is 3.70. The van der Waals surface area contributed by atoms with Crippen LogP contribution in [-0.2, 0) is 14.8 Å². The topological polar surface area (TPSA) is 86.7 Å². The Bertz CT molecular complexity index is 1240. The molecule has 1 aliphatic rings. The van der Waals surface area contributed by atoms with Gasteiger partial charge in [-0.2, -0.15) is 0 Å². The van der Waals surface area contributed by atoms with Gasteiger partial charge in [0.15, 0.2) is 0 Å². The first kappa shape index (κ1) is 20.5. The molecule has 0 saturated carbocycles. The molecule has 4 rings (SSSR count). The molecule has 30 heavy (non-hydrogen) atoms. The summed E-state index contributed by atoms with van der Waals surface area (Å²) >= 11 is 6.11. The first-order chi connectivity index (χ1) is 14.3. The van der Waals surface area contributed by atoms with Gasteiger partial charge in [-0.05, 0) is 43.2 Å². The van der Waals surface area contributed by atoms with Crippen LogP contribution in [0.15, 0.2) is 59.5 Å². The number of carboxylic acids is 1. The molecule has 1 saturated heterocycles. The molecule has 2 N–H and O–H groups in total. The first-order valence-electron chi connectivity index (χ1n) is 9.55. The molecular weight excluding hydrogens is 424 g/mol. The molecule has 0 aromatic heterocycles. The first-order valence-corrected chi connectivity index (χ1v) is 11.4. The Hall–Kier alpha value is -2.77. The van der Waals surface area contributed by atoms with Crippen molar-refractivity contribution >= 4 is 49.7 Å². The van der Waals surface area contributed by atoms with Crippen LogP contribution >= 0.6 is 11.6 Å². The standard InChI is InChI=1S/C22H21ClN2O4S/c1-14-18(23)7-4-8-21(14)30(28,29)24-19-9-10-20(17-6-3-2-5-16(17)19)25-12-11-15(13-25)22(26)27/h2-10,15,24H,11-13H2,1H3,(H,26,27)/t15-/m1/s1. The average molecular weight is 445 g/mol. The number of nitrogens with one attached hydrogen (secondary N) is 1. The minimum absolute atomic E-state index is 0.131. The fraction of sp³-hybridized carbons (Fsp3) is 0.227. The number of carbonyl (C=O) groups is 1. The summed E-state index contributed by atoms with van der Waals surface area (Å²) in [6, 6.07) is 15.9. The number of hydrogen-bond donors (Lipinski definition) is 2. The molecular formula is C22H21ClN2O4S. The van der Waals surface area contributed by atoms with Gasteiger partial charge < -0.3 is 10.0 Å².